The molecule has 7 heteroatoms. The van der Waals surface area contributed by atoms with Gasteiger partial charge in [0.15, 0.2) is 5.78 Å². The van der Waals surface area contributed by atoms with E-state index in [2.05, 4.69) is 20.3 Å². The Morgan fingerprint density at radius 1 is 1.17 bits per heavy atom. The van der Waals surface area contributed by atoms with Crippen LogP contribution in [0.1, 0.15) is 51.2 Å². The van der Waals surface area contributed by atoms with E-state index in [1.807, 2.05) is 12.1 Å². The number of aromatic amines is 1. The van der Waals surface area contributed by atoms with Crippen molar-refractivity contribution >= 4 is 17.4 Å². The zero-order valence-corrected chi connectivity index (χ0v) is 16.0. The second-order valence-corrected chi connectivity index (χ2v) is 6.98. The first-order valence-electron chi connectivity index (χ1n) is 9.73. The predicted molar refractivity (Wildman–Crippen MR) is 108 cm³/mol. The van der Waals surface area contributed by atoms with Crippen molar-refractivity contribution in [1.29, 1.82) is 0 Å². The highest BCUT2D eigenvalue weighted by molar-refractivity contribution is 6.13. The van der Waals surface area contributed by atoms with Gasteiger partial charge in [-0.1, -0.05) is 0 Å². The third kappa shape index (κ3) is 4.51. The van der Waals surface area contributed by atoms with Crippen molar-refractivity contribution in [2.45, 2.75) is 32.1 Å². The number of H-pyrrole nitrogens is 1. The third-order valence-electron chi connectivity index (χ3n) is 4.92. The number of nitrogens with zero attached hydrogens (tertiary/aromatic N) is 2. The number of rotatable bonds is 7. The highest BCUT2D eigenvalue weighted by atomic mass is 16.5. The van der Waals surface area contributed by atoms with Crippen molar-refractivity contribution in [2.24, 2.45) is 0 Å². The summed E-state index contributed by atoms with van der Waals surface area (Å²) in [7, 11) is 0. The minimum absolute atomic E-state index is 0.0197. The minimum Gasteiger partial charge on any atom is -0.478 e. The molecule has 2 N–H and O–H groups in total. The summed E-state index contributed by atoms with van der Waals surface area (Å²) in [6.07, 6.45) is 10.6. The van der Waals surface area contributed by atoms with Crippen LogP contribution in [0.2, 0.25) is 0 Å². The first-order chi connectivity index (χ1) is 14.2. The highest BCUT2D eigenvalue weighted by Crippen LogP contribution is 2.25. The highest BCUT2D eigenvalue weighted by Gasteiger charge is 2.25. The van der Waals surface area contributed by atoms with Gasteiger partial charge in [-0.15, -0.1) is 0 Å². The SMILES string of the molecule is O=C(Nc1ccc(OCCCc2ccncc2)nc1)c1c[nH]c2c1C(=O)CCC2. The van der Waals surface area contributed by atoms with Crippen molar-refractivity contribution in [3.05, 3.63) is 71.4 Å². The van der Waals surface area contributed by atoms with E-state index in [0.717, 1.165) is 31.4 Å². The number of pyridine rings is 2. The Bertz CT molecular complexity index is 997. The Kier molecular flexibility index (Phi) is 5.65. The summed E-state index contributed by atoms with van der Waals surface area (Å²) in [5.74, 6) is 0.212. The number of anilines is 1. The summed E-state index contributed by atoms with van der Waals surface area (Å²) in [6.45, 7) is 0.554. The monoisotopic (exact) mass is 390 g/mol. The number of ether oxygens (including phenoxy) is 1. The number of hydrogen-bond donors (Lipinski definition) is 2. The van der Waals surface area contributed by atoms with Crippen LogP contribution in [0.3, 0.4) is 0 Å². The van der Waals surface area contributed by atoms with Crippen LogP contribution in [0, 0.1) is 0 Å². The average molecular weight is 390 g/mol. The standard InChI is InChI=1S/C22H22N4O3/c27-19-5-1-4-18-21(19)17(14-24-18)22(28)26-16-6-7-20(25-13-16)29-12-2-3-15-8-10-23-11-9-15/h6-11,13-14,24H,1-5,12H2,(H,26,28). The summed E-state index contributed by atoms with van der Waals surface area (Å²) in [5.41, 5.74) is 3.54. The van der Waals surface area contributed by atoms with Crippen LogP contribution in [0.25, 0.3) is 0 Å². The number of amides is 1. The maximum Gasteiger partial charge on any atom is 0.257 e. The maximum atomic E-state index is 12.6. The lowest BCUT2D eigenvalue weighted by molar-refractivity contribution is 0.0956. The zero-order chi connectivity index (χ0) is 20.1. The van der Waals surface area contributed by atoms with Gasteiger partial charge >= 0.3 is 0 Å². The number of fused-ring (bicyclic) bond motifs is 1. The summed E-state index contributed by atoms with van der Waals surface area (Å²) >= 11 is 0. The molecule has 0 aromatic carbocycles. The molecule has 3 aromatic heterocycles. The molecular weight excluding hydrogens is 368 g/mol. The van der Waals surface area contributed by atoms with E-state index in [-0.39, 0.29) is 11.7 Å². The third-order valence-corrected chi connectivity index (χ3v) is 4.92. The molecule has 0 spiro atoms. The first kappa shape index (κ1) is 18.9. The first-order valence-corrected chi connectivity index (χ1v) is 9.73. The van der Waals surface area contributed by atoms with Crippen molar-refractivity contribution in [3.8, 4) is 5.88 Å². The number of aromatic nitrogens is 3. The van der Waals surface area contributed by atoms with E-state index in [0.29, 0.717) is 35.7 Å². The fourth-order valence-electron chi connectivity index (χ4n) is 3.45. The Balaban J connectivity index is 1.30. The quantitative estimate of drug-likeness (QED) is 0.601. The van der Waals surface area contributed by atoms with Crippen molar-refractivity contribution < 1.29 is 14.3 Å². The van der Waals surface area contributed by atoms with Gasteiger partial charge in [0.05, 0.1) is 29.6 Å². The summed E-state index contributed by atoms with van der Waals surface area (Å²) in [5, 5.41) is 2.80. The van der Waals surface area contributed by atoms with E-state index in [9.17, 15) is 9.59 Å². The summed E-state index contributed by atoms with van der Waals surface area (Å²) in [4.78, 5) is 36.0. The molecule has 4 rings (SSSR count). The lowest BCUT2D eigenvalue weighted by atomic mass is 9.93. The van der Waals surface area contributed by atoms with Crippen LogP contribution in [0.4, 0.5) is 5.69 Å². The van der Waals surface area contributed by atoms with Gasteiger partial charge in [0.25, 0.3) is 5.91 Å². The lowest BCUT2D eigenvalue weighted by Gasteiger charge is -2.12. The Morgan fingerprint density at radius 3 is 2.83 bits per heavy atom. The van der Waals surface area contributed by atoms with E-state index >= 15 is 0 Å². The molecule has 0 aliphatic heterocycles. The molecule has 1 aliphatic carbocycles. The molecule has 3 heterocycles. The van der Waals surface area contributed by atoms with Gasteiger partial charge < -0.3 is 15.0 Å². The number of hydrogen-bond acceptors (Lipinski definition) is 5. The van der Waals surface area contributed by atoms with Gasteiger partial charge in [-0.2, -0.15) is 0 Å². The van der Waals surface area contributed by atoms with Gasteiger partial charge in [-0.3, -0.25) is 14.6 Å². The van der Waals surface area contributed by atoms with Gasteiger partial charge in [-0.05, 0) is 49.4 Å². The van der Waals surface area contributed by atoms with Crippen LogP contribution in [-0.4, -0.2) is 33.2 Å². The van der Waals surface area contributed by atoms with Gasteiger partial charge in [0.2, 0.25) is 5.88 Å². The number of carbonyl (C=O) groups is 2. The molecule has 3 aromatic rings. The molecule has 0 saturated heterocycles. The van der Waals surface area contributed by atoms with Crippen molar-refractivity contribution in [2.75, 3.05) is 11.9 Å². The normalized spacial score (nSPS) is 13.0. The molecule has 29 heavy (non-hydrogen) atoms. The maximum absolute atomic E-state index is 12.6. The largest absolute Gasteiger partial charge is 0.478 e. The average Bonchev–Trinajstić information content (AvgIpc) is 3.19. The minimum atomic E-state index is -0.314. The molecule has 1 aliphatic rings. The van der Waals surface area contributed by atoms with E-state index in [1.54, 1.807) is 36.9 Å². The van der Waals surface area contributed by atoms with Crippen LogP contribution >= 0.6 is 0 Å². The van der Waals surface area contributed by atoms with E-state index in [1.165, 1.54) is 5.56 Å². The van der Waals surface area contributed by atoms with Crippen LogP contribution in [0.15, 0.2) is 49.1 Å². The van der Waals surface area contributed by atoms with Crippen molar-refractivity contribution in [3.63, 3.8) is 0 Å². The number of ketones is 1. The Morgan fingerprint density at radius 2 is 2.03 bits per heavy atom. The number of Topliss-reactive ketones (excluding diaryl/α,β-unsaturated/α-hetero) is 1. The Hall–Kier alpha value is -3.48. The molecule has 7 nitrogen and oxygen atoms in total. The van der Waals surface area contributed by atoms with Crippen LogP contribution < -0.4 is 10.1 Å². The lowest BCUT2D eigenvalue weighted by Crippen LogP contribution is -2.18. The molecular formula is C22H22N4O3. The van der Waals surface area contributed by atoms with Crippen molar-refractivity contribution in [1.82, 2.24) is 15.0 Å². The smallest absolute Gasteiger partial charge is 0.257 e. The van der Waals surface area contributed by atoms with Crippen LogP contribution in [-0.2, 0) is 12.8 Å². The van der Waals surface area contributed by atoms with Crippen LogP contribution in [0.5, 0.6) is 5.88 Å². The molecule has 0 bridgehead atoms. The number of carbonyl (C=O) groups excluding carboxylic acids is 2. The predicted octanol–water partition coefficient (Wildman–Crippen LogP) is 3.59. The molecule has 0 fully saturated rings. The second kappa shape index (κ2) is 8.68. The fourth-order valence-corrected chi connectivity index (χ4v) is 3.45. The Labute approximate surface area is 168 Å². The summed E-state index contributed by atoms with van der Waals surface area (Å²) < 4.78 is 5.66. The molecule has 1 amide bonds. The molecule has 0 unspecified atom stereocenters. The zero-order valence-electron chi connectivity index (χ0n) is 16.0. The second-order valence-electron chi connectivity index (χ2n) is 6.98. The van der Waals surface area contributed by atoms with E-state index in [4.69, 9.17) is 4.74 Å². The number of nitrogens with one attached hydrogen (secondary N) is 2. The molecule has 148 valence electrons. The van der Waals surface area contributed by atoms with Gasteiger partial charge in [0, 0.05) is 36.8 Å². The summed E-state index contributed by atoms with van der Waals surface area (Å²) in [6, 6.07) is 7.44. The fraction of sp³-hybridized carbons (Fsp3) is 0.273. The number of aryl methyl sites for hydroxylation is 2. The molecule has 0 atom stereocenters. The van der Waals surface area contributed by atoms with E-state index < -0.39 is 0 Å². The molecule has 0 radical (unpaired) electrons. The molecule has 0 saturated carbocycles. The topological polar surface area (TPSA) is 97.0 Å². The van der Waals surface area contributed by atoms with Gasteiger partial charge in [-0.25, -0.2) is 4.98 Å². The van der Waals surface area contributed by atoms with Gasteiger partial charge in [0.1, 0.15) is 0 Å².